The Balaban J connectivity index is 0.000000151. The number of carbonyl (C=O) groups is 6. The number of esters is 2. The first-order valence-corrected chi connectivity index (χ1v) is 45.5. The van der Waals surface area contributed by atoms with Gasteiger partial charge in [0.25, 0.3) is 28.5 Å². The molecule has 25 nitrogen and oxygen atoms in total. The van der Waals surface area contributed by atoms with Gasteiger partial charge in [-0.15, -0.1) is 24.8 Å². The SMILES string of the molecule is COC(=O)c1ccc(CN)cc1.COC(=O)c1ccc(CNC(=O)c2nc3ccccc3n(C3C[C@H]4CC[C@@H](C3)N4C3CCCCCCC3)c2=O)cc1.Cl.Cl.O=C(O)c1ccc(CNC(=O)c2nc3ccccc3n(C3C[C@H]4CC[C@@H](C3)N4C3CCCCCCC3)c2=O)cc1.O=C(O)c1nc2ccccc2n(C2C[C@H]3CC[C@@H](C2)N3C2CCCCCCC2)c1=O. The van der Waals surface area contributed by atoms with Gasteiger partial charge in [-0.2, -0.15) is 0 Å². The molecule has 6 aliphatic heterocycles. The molecule has 18 rings (SSSR count). The van der Waals surface area contributed by atoms with Crippen LogP contribution in [0.25, 0.3) is 33.1 Å². The Morgan fingerprint density at radius 3 is 0.880 bits per heavy atom. The maximum Gasteiger partial charge on any atom is 0.360 e. The quantitative estimate of drug-likeness (QED) is 0.0529. The van der Waals surface area contributed by atoms with E-state index in [2.05, 4.69) is 45.0 Å². The zero-order valence-corrected chi connectivity index (χ0v) is 73.7. The van der Waals surface area contributed by atoms with Gasteiger partial charge in [-0.05, 0) is 205 Å². The van der Waals surface area contributed by atoms with Crippen molar-refractivity contribution in [3.05, 3.63) is 227 Å². The van der Waals surface area contributed by atoms with Crippen LogP contribution in [0.1, 0.15) is 309 Å². The lowest BCUT2D eigenvalue weighted by Gasteiger charge is -2.45. The molecule has 3 unspecified atom stereocenters. The van der Waals surface area contributed by atoms with Gasteiger partial charge in [-0.3, -0.25) is 38.7 Å². The van der Waals surface area contributed by atoms with Crippen molar-refractivity contribution in [2.24, 2.45) is 5.73 Å². The van der Waals surface area contributed by atoms with Crippen molar-refractivity contribution >= 4 is 93.6 Å². The van der Waals surface area contributed by atoms with E-state index >= 15 is 0 Å². The molecule has 0 spiro atoms. The molecule has 6 bridgehead atoms. The number of carboxylic acid groups (broad SMARTS) is 2. The number of fused-ring (bicyclic) bond motifs is 9. The number of methoxy groups -OCH3 is 2. The van der Waals surface area contributed by atoms with Crippen LogP contribution in [0.5, 0.6) is 0 Å². The summed E-state index contributed by atoms with van der Waals surface area (Å²) in [5.41, 5.74) is 11.8. The molecular formula is C98H122Cl2N12O13. The molecule has 3 aliphatic carbocycles. The maximum absolute atomic E-state index is 14.0. The third-order valence-electron chi connectivity index (χ3n) is 28.0. The number of hydrogen-bond acceptors (Lipinski definition) is 18. The number of nitrogens with zero attached hydrogens (tertiary/aromatic N) is 9. The van der Waals surface area contributed by atoms with Crippen LogP contribution in [-0.4, -0.2) is 158 Å². The molecule has 3 saturated carbocycles. The van der Waals surface area contributed by atoms with Crippen LogP contribution >= 0.6 is 24.8 Å². The number of carboxylic acids is 2. The lowest BCUT2D eigenvalue weighted by Crippen LogP contribution is -2.50. The predicted molar refractivity (Wildman–Crippen MR) is 488 cm³/mol. The molecule has 0 radical (unpaired) electrons. The van der Waals surface area contributed by atoms with Gasteiger partial charge in [0.1, 0.15) is 0 Å². The van der Waals surface area contributed by atoms with Crippen LogP contribution in [0.15, 0.2) is 160 Å². The molecule has 9 heterocycles. The average molecular weight is 1750 g/mol. The average Bonchev–Trinajstić information content (AvgIpc) is 1.73. The summed E-state index contributed by atoms with van der Waals surface area (Å²) in [5, 5.41) is 24.3. The number of halogens is 2. The number of piperidine rings is 3. The minimum atomic E-state index is -1.24. The Hall–Kier alpha value is -10.0. The van der Waals surface area contributed by atoms with E-state index in [9.17, 15) is 48.3 Å². The number of benzene rings is 6. The maximum atomic E-state index is 14.0. The molecule has 9 fully saturated rings. The third kappa shape index (κ3) is 21.5. The third-order valence-corrected chi connectivity index (χ3v) is 28.0. The number of aromatic carboxylic acids is 2. The molecule has 666 valence electrons. The van der Waals surface area contributed by atoms with Gasteiger partial charge in [0.05, 0.1) is 64.0 Å². The summed E-state index contributed by atoms with van der Waals surface area (Å²) in [6.45, 7) is 0.885. The number of carbonyl (C=O) groups excluding carboxylic acids is 4. The lowest BCUT2D eigenvalue weighted by molar-refractivity contribution is 0.0494. The van der Waals surface area contributed by atoms with Crippen LogP contribution in [0, 0.1) is 0 Å². The highest BCUT2D eigenvalue weighted by molar-refractivity contribution is 5.95. The van der Waals surface area contributed by atoms with Crippen LogP contribution in [0.2, 0.25) is 0 Å². The van der Waals surface area contributed by atoms with Crippen molar-refractivity contribution in [1.29, 1.82) is 0 Å². The van der Waals surface area contributed by atoms with E-state index in [1.807, 2.05) is 88.0 Å². The molecule has 6 aromatic carbocycles. The molecule has 9 aromatic rings. The van der Waals surface area contributed by atoms with Crippen molar-refractivity contribution in [1.82, 2.24) is 54.0 Å². The summed E-state index contributed by atoms with van der Waals surface area (Å²) in [7, 11) is 2.70. The van der Waals surface area contributed by atoms with E-state index in [0.29, 0.717) is 88.6 Å². The number of amides is 2. The van der Waals surface area contributed by atoms with Crippen molar-refractivity contribution in [2.45, 2.75) is 304 Å². The normalized spacial score (nSPS) is 23.1. The molecule has 27 heteroatoms. The van der Waals surface area contributed by atoms with E-state index in [-0.39, 0.29) is 95.8 Å². The van der Waals surface area contributed by atoms with Gasteiger partial charge >= 0.3 is 23.9 Å². The predicted octanol–water partition coefficient (Wildman–Crippen LogP) is 16.9. The van der Waals surface area contributed by atoms with Gasteiger partial charge in [-0.25, -0.2) is 34.1 Å². The molecule has 3 aromatic heterocycles. The number of para-hydroxylation sites is 6. The fraction of sp³-hybridized carbons (Fsp3) is 0.510. The van der Waals surface area contributed by atoms with Gasteiger partial charge in [0.15, 0.2) is 11.4 Å². The highest BCUT2D eigenvalue weighted by Gasteiger charge is 2.48. The van der Waals surface area contributed by atoms with E-state index in [1.54, 1.807) is 59.2 Å². The van der Waals surface area contributed by atoms with E-state index in [0.717, 1.165) is 71.8 Å². The molecule has 9 atom stereocenters. The minimum absolute atomic E-state index is 0. The van der Waals surface area contributed by atoms with Crippen LogP contribution in [0.3, 0.4) is 0 Å². The molecular weight excluding hydrogens is 1620 g/mol. The van der Waals surface area contributed by atoms with Crippen LogP contribution < -0.4 is 33.0 Å². The second-order valence-corrected chi connectivity index (χ2v) is 35.5. The number of aromatic nitrogens is 6. The number of nitrogens with one attached hydrogen (secondary N) is 2. The zero-order valence-electron chi connectivity index (χ0n) is 72.0. The van der Waals surface area contributed by atoms with E-state index in [4.69, 9.17) is 15.6 Å². The first-order chi connectivity index (χ1) is 59.9. The van der Waals surface area contributed by atoms with Gasteiger partial charge in [0.2, 0.25) is 5.69 Å². The fourth-order valence-corrected chi connectivity index (χ4v) is 22.2. The standard InChI is InChI=1S/C33H40N4O4.C32H38N4O4.C24H31N3O3.C9H11NO2.2ClH/c1-41-33(40)23-15-13-22(14-16-23)21-34-31(38)30-32(39)37(29-12-8-7-11-28(29)35-30)27-19-25-17-18-26(20-27)36(25)24-9-5-3-2-4-6-10-24;37-30(33-20-21-12-14-22(15-13-21)32(39)40)29-31(38)36(28-11-7-6-10-27(28)34-29)26-18-24-16-17-25(19-26)35(24)23-8-4-2-1-3-5-9-23;28-23-22(24(29)30)25-20-10-6-7-11-21(20)27(23)19-14-17-12-13-18(15-19)26(17)16-8-4-2-1-3-5-9-16;1-12-9(11)8-4-2-7(6-10)3-5-8;;/h7-8,11-16,24-27H,2-6,9-10,17-21H2,1H3,(H,34,38);6-7,10-15,23-26H,1-5,8-9,16-20H2,(H,33,37)(H,39,40);6-7,10-11,16-19H,1-5,8-9,12-15H2,(H,29,30);2-5H,6,10H2,1H3;2*1H/t25-,26+,27?;24-,25+,26?;17-,18+,19?;;;. The molecule has 6 saturated heterocycles. The Labute approximate surface area is 742 Å². The second-order valence-electron chi connectivity index (χ2n) is 35.5. The first kappa shape index (κ1) is 92.6. The molecule has 125 heavy (non-hydrogen) atoms. The molecule has 9 aliphatic rings. The second kappa shape index (κ2) is 43.5. The summed E-state index contributed by atoms with van der Waals surface area (Å²) < 4.78 is 14.8. The summed E-state index contributed by atoms with van der Waals surface area (Å²) in [6, 6.07) is 48.1. The van der Waals surface area contributed by atoms with Crippen LogP contribution in [-0.2, 0) is 29.1 Å². The van der Waals surface area contributed by atoms with Crippen LogP contribution in [0.4, 0.5) is 0 Å². The summed E-state index contributed by atoms with van der Waals surface area (Å²) >= 11 is 0. The Bertz CT molecular complexity index is 5370. The molecule has 2 amide bonds. The van der Waals surface area contributed by atoms with E-state index < -0.39 is 35.3 Å². The summed E-state index contributed by atoms with van der Waals surface area (Å²) in [6.07, 6.45) is 40.7. The summed E-state index contributed by atoms with van der Waals surface area (Å²) in [5.74, 6) is -3.97. The van der Waals surface area contributed by atoms with Gasteiger partial charge < -0.3 is 49.8 Å². The molecule has 6 N–H and O–H groups in total. The van der Waals surface area contributed by atoms with E-state index in [1.165, 1.54) is 200 Å². The van der Waals surface area contributed by atoms with Crippen molar-refractivity contribution in [3.8, 4) is 0 Å². The Morgan fingerprint density at radius 2 is 0.600 bits per heavy atom. The minimum Gasteiger partial charge on any atom is -0.478 e. The monoisotopic (exact) mass is 1740 g/mol. The summed E-state index contributed by atoms with van der Waals surface area (Å²) in [4.78, 5) is 135. The zero-order chi connectivity index (χ0) is 85.6. The first-order valence-electron chi connectivity index (χ1n) is 45.5. The highest BCUT2D eigenvalue weighted by atomic mass is 35.5. The number of rotatable bonds is 17. The van der Waals surface area contributed by atoms with Gasteiger partial charge in [-0.1, -0.05) is 169 Å². The fourth-order valence-electron chi connectivity index (χ4n) is 22.2. The number of ether oxygens (including phenoxy) is 2. The largest absolute Gasteiger partial charge is 0.478 e. The van der Waals surface area contributed by atoms with Crippen molar-refractivity contribution in [3.63, 3.8) is 0 Å². The number of nitrogens with two attached hydrogens (primary N) is 1. The lowest BCUT2D eigenvalue weighted by atomic mass is 9.89. The highest BCUT2D eigenvalue weighted by Crippen LogP contribution is 2.48. The van der Waals surface area contributed by atoms with Crippen molar-refractivity contribution < 1.29 is 48.5 Å². The van der Waals surface area contributed by atoms with Gasteiger partial charge in [0, 0.05) is 92.1 Å². The smallest absolute Gasteiger partial charge is 0.360 e. The number of hydrogen-bond donors (Lipinski definition) is 5. The topological polar surface area (TPSA) is 326 Å². The van der Waals surface area contributed by atoms with Crippen molar-refractivity contribution in [2.75, 3.05) is 14.2 Å². The Kier molecular flexibility index (Phi) is 32.2. The Morgan fingerprint density at radius 1 is 0.336 bits per heavy atom.